The minimum Gasteiger partial charge on any atom is -0.507 e. The van der Waals surface area contributed by atoms with Crippen LogP contribution in [0.3, 0.4) is 0 Å². The minimum absolute atomic E-state index is 0.00934. The van der Waals surface area contributed by atoms with E-state index in [0.717, 1.165) is 17.4 Å². The first-order chi connectivity index (χ1) is 9.58. The Hall–Kier alpha value is -1.01. The van der Waals surface area contributed by atoms with Crippen LogP contribution in [0.2, 0.25) is 0 Å². The van der Waals surface area contributed by atoms with Gasteiger partial charge in [-0.25, -0.2) is 4.79 Å². The van der Waals surface area contributed by atoms with E-state index in [4.69, 9.17) is 16.6 Å². The van der Waals surface area contributed by atoms with Gasteiger partial charge < -0.3 is 14.4 Å². The molecule has 1 aromatic rings. The van der Waals surface area contributed by atoms with Crippen LogP contribution in [0.15, 0.2) is 15.3 Å². The number of likely N-dealkylation sites (tertiary alicyclic amines) is 1. The molecule has 2 heterocycles. The highest BCUT2D eigenvalue weighted by atomic mass is 32.2. The number of hydrogen-bond donors (Lipinski definition) is 1. The van der Waals surface area contributed by atoms with E-state index < -0.39 is 5.63 Å². The standard InChI is InChI=1S/C14H19NO3S2/c1-10-8-12(16)11(13(17)18-10)9-20-14(19)15-6-4-2-3-5-7-15/h8,16H,2-7,9H2,1H3. The van der Waals surface area contributed by atoms with E-state index in [-0.39, 0.29) is 11.3 Å². The average molecular weight is 313 g/mol. The Labute approximate surface area is 128 Å². The maximum absolute atomic E-state index is 11.7. The van der Waals surface area contributed by atoms with Crippen molar-refractivity contribution in [2.24, 2.45) is 0 Å². The summed E-state index contributed by atoms with van der Waals surface area (Å²) in [7, 11) is 0. The second-order valence-corrected chi connectivity index (χ2v) is 6.57. The van der Waals surface area contributed by atoms with Crippen LogP contribution in [0.4, 0.5) is 0 Å². The summed E-state index contributed by atoms with van der Waals surface area (Å²) in [6.45, 7) is 3.61. The lowest BCUT2D eigenvalue weighted by atomic mass is 10.2. The van der Waals surface area contributed by atoms with Gasteiger partial charge in [-0.2, -0.15) is 0 Å². The number of aromatic hydroxyl groups is 1. The Morgan fingerprint density at radius 3 is 2.65 bits per heavy atom. The van der Waals surface area contributed by atoms with Crippen molar-refractivity contribution in [3.63, 3.8) is 0 Å². The van der Waals surface area contributed by atoms with E-state index in [1.807, 2.05) is 0 Å². The summed E-state index contributed by atoms with van der Waals surface area (Å²) in [6.07, 6.45) is 4.84. The summed E-state index contributed by atoms with van der Waals surface area (Å²) in [4.78, 5) is 13.9. The average Bonchev–Trinajstić information content (AvgIpc) is 2.66. The topological polar surface area (TPSA) is 53.7 Å². The molecule has 1 N–H and O–H groups in total. The van der Waals surface area contributed by atoms with Gasteiger partial charge in [0.05, 0.1) is 5.56 Å². The van der Waals surface area contributed by atoms with Crippen molar-refractivity contribution in [2.45, 2.75) is 38.4 Å². The van der Waals surface area contributed by atoms with Crippen LogP contribution in [-0.4, -0.2) is 27.4 Å². The molecular weight excluding hydrogens is 294 g/mol. The Balaban J connectivity index is 1.98. The third-order valence-electron chi connectivity index (χ3n) is 3.35. The van der Waals surface area contributed by atoms with Crippen LogP contribution in [0, 0.1) is 6.92 Å². The molecule has 2 rings (SSSR count). The smallest absolute Gasteiger partial charge is 0.343 e. The van der Waals surface area contributed by atoms with Crippen molar-refractivity contribution in [3.8, 4) is 5.75 Å². The monoisotopic (exact) mass is 313 g/mol. The second kappa shape index (κ2) is 7.13. The predicted octanol–water partition coefficient (Wildman–Crippen LogP) is 3.05. The number of hydrogen-bond acceptors (Lipinski definition) is 5. The Morgan fingerprint density at radius 2 is 2.05 bits per heavy atom. The normalized spacial score (nSPS) is 15.9. The maximum atomic E-state index is 11.7. The van der Waals surface area contributed by atoms with Crippen LogP contribution in [0.1, 0.15) is 37.0 Å². The molecule has 110 valence electrons. The summed E-state index contributed by atoms with van der Waals surface area (Å²) in [5.41, 5.74) is -0.188. The fourth-order valence-corrected chi connectivity index (χ4v) is 3.49. The van der Waals surface area contributed by atoms with Crippen LogP contribution < -0.4 is 5.63 Å². The molecule has 1 saturated heterocycles. The van der Waals surface area contributed by atoms with Gasteiger partial charge in [0.15, 0.2) is 0 Å². The lowest BCUT2D eigenvalue weighted by Gasteiger charge is -2.22. The van der Waals surface area contributed by atoms with E-state index in [9.17, 15) is 9.90 Å². The summed E-state index contributed by atoms with van der Waals surface area (Å²) >= 11 is 6.84. The fourth-order valence-electron chi connectivity index (χ4n) is 2.23. The predicted molar refractivity (Wildman–Crippen MR) is 85.3 cm³/mol. The molecule has 20 heavy (non-hydrogen) atoms. The number of thioether (sulfide) groups is 1. The van der Waals surface area contributed by atoms with Crippen LogP contribution >= 0.6 is 24.0 Å². The van der Waals surface area contributed by atoms with E-state index in [0.29, 0.717) is 11.5 Å². The molecule has 0 aliphatic carbocycles. The molecular formula is C14H19NO3S2. The first kappa shape index (κ1) is 15.4. The van der Waals surface area contributed by atoms with Gasteiger partial charge in [-0.15, -0.1) is 0 Å². The highest BCUT2D eigenvalue weighted by molar-refractivity contribution is 8.22. The van der Waals surface area contributed by atoms with Gasteiger partial charge in [-0.05, 0) is 19.8 Å². The molecule has 0 unspecified atom stereocenters. The molecule has 1 aromatic heterocycles. The molecule has 0 atom stereocenters. The number of aryl methyl sites for hydroxylation is 1. The summed E-state index contributed by atoms with van der Waals surface area (Å²) in [6, 6.07) is 1.46. The SMILES string of the molecule is Cc1cc(O)c(CSC(=S)N2CCCCCC2)c(=O)o1. The number of rotatable bonds is 2. The zero-order chi connectivity index (χ0) is 14.5. The molecule has 1 fully saturated rings. The molecule has 1 aliphatic heterocycles. The molecule has 0 spiro atoms. The van der Waals surface area contributed by atoms with Crippen molar-refractivity contribution in [1.82, 2.24) is 4.90 Å². The number of thiocarbonyl (C=S) groups is 1. The van der Waals surface area contributed by atoms with Gasteiger partial charge in [0.1, 0.15) is 15.8 Å². The van der Waals surface area contributed by atoms with Crippen LogP contribution in [0.25, 0.3) is 0 Å². The van der Waals surface area contributed by atoms with Gasteiger partial charge in [-0.3, -0.25) is 0 Å². The van der Waals surface area contributed by atoms with E-state index >= 15 is 0 Å². The van der Waals surface area contributed by atoms with Crippen molar-refractivity contribution >= 4 is 28.3 Å². The van der Waals surface area contributed by atoms with E-state index in [1.54, 1.807) is 6.92 Å². The van der Waals surface area contributed by atoms with Gasteiger partial charge in [-0.1, -0.05) is 36.8 Å². The highest BCUT2D eigenvalue weighted by Crippen LogP contribution is 2.23. The molecule has 0 saturated carbocycles. The molecule has 0 amide bonds. The third kappa shape index (κ3) is 3.99. The molecule has 0 bridgehead atoms. The largest absolute Gasteiger partial charge is 0.507 e. The molecule has 1 aliphatic rings. The van der Waals surface area contributed by atoms with E-state index in [1.165, 1.54) is 43.5 Å². The fraction of sp³-hybridized carbons (Fsp3) is 0.571. The lowest BCUT2D eigenvalue weighted by Crippen LogP contribution is -2.28. The zero-order valence-electron chi connectivity index (χ0n) is 11.6. The van der Waals surface area contributed by atoms with Crippen LogP contribution in [0.5, 0.6) is 5.75 Å². The Morgan fingerprint density at radius 1 is 1.40 bits per heavy atom. The van der Waals surface area contributed by atoms with Crippen molar-refractivity contribution in [2.75, 3.05) is 13.1 Å². The third-order valence-corrected chi connectivity index (χ3v) is 4.90. The minimum atomic E-state index is -0.478. The molecule has 4 nitrogen and oxygen atoms in total. The lowest BCUT2D eigenvalue weighted by molar-refractivity contribution is 0.426. The number of nitrogens with zero attached hydrogens (tertiary/aromatic N) is 1. The van der Waals surface area contributed by atoms with Crippen molar-refractivity contribution < 1.29 is 9.52 Å². The van der Waals surface area contributed by atoms with Gasteiger partial charge in [0, 0.05) is 24.9 Å². The molecule has 6 heteroatoms. The Kier molecular flexibility index (Phi) is 5.48. The van der Waals surface area contributed by atoms with E-state index in [2.05, 4.69) is 4.90 Å². The maximum Gasteiger partial charge on any atom is 0.343 e. The highest BCUT2D eigenvalue weighted by Gasteiger charge is 2.15. The molecule has 0 radical (unpaired) electrons. The zero-order valence-corrected chi connectivity index (χ0v) is 13.2. The van der Waals surface area contributed by atoms with Gasteiger partial charge in [0.2, 0.25) is 0 Å². The summed E-state index contributed by atoms with van der Waals surface area (Å²) < 4.78 is 5.80. The Bertz CT molecular complexity index is 534. The van der Waals surface area contributed by atoms with Crippen molar-refractivity contribution in [1.29, 1.82) is 0 Å². The first-order valence-electron chi connectivity index (χ1n) is 6.82. The van der Waals surface area contributed by atoms with Gasteiger partial charge in [0.25, 0.3) is 0 Å². The second-order valence-electron chi connectivity index (χ2n) is 4.96. The first-order valence-corrected chi connectivity index (χ1v) is 8.21. The quantitative estimate of drug-likeness (QED) is 0.847. The van der Waals surface area contributed by atoms with Gasteiger partial charge >= 0.3 is 5.63 Å². The van der Waals surface area contributed by atoms with Crippen molar-refractivity contribution in [3.05, 3.63) is 27.8 Å². The summed E-state index contributed by atoms with van der Waals surface area (Å²) in [5, 5.41) is 9.81. The molecule has 0 aromatic carbocycles. The van der Waals surface area contributed by atoms with Crippen LogP contribution in [-0.2, 0) is 5.75 Å². The summed E-state index contributed by atoms with van der Waals surface area (Å²) in [5.74, 6) is 0.755.